The minimum Gasteiger partial charge on any atom is -0.355 e. The Morgan fingerprint density at radius 3 is 2.62 bits per heavy atom. The summed E-state index contributed by atoms with van der Waals surface area (Å²) in [5, 5.41) is 12.6. The van der Waals surface area contributed by atoms with Crippen molar-refractivity contribution in [3.63, 3.8) is 0 Å². The molecule has 0 atom stereocenters. The summed E-state index contributed by atoms with van der Waals surface area (Å²) in [4.78, 5) is 20.9. The van der Waals surface area contributed by atoms with E-state index in [1.807, 2.05) is 69.3 Å². The number of rotatable bonds is 13. The lowest BCUT2D eigenvalue weighted by atomic mass is 10.1. The highest BCUT2D eigenvalue weighted by atomic mass is 16.1. The molecule has 0 bridgehead atoms. The third kappa shape index (κ3) is 9.14. The molecule has 0 spiro atoms. The van der Waals surface area contributed by atoms with Crippen molar-refractivity contribution in [2.24, 2.45) is 0 Å². The predicted octanol–water partition coefficient (Wildman–Crippen LogP) is 4.24. The van der Waals surface area contributed by atoms with Gasteiger partial charge >= 0.3 is 0 Å². The zero-order valence-electron chi connectivity index (χ0n) is 19.2. The van der Waals surface area contributed by atoms with Crippen LogP contribution in [0.5, 0.6) is 0 Å². The van der Waals surface area contributed by atoms with Gasteiger partial charge < -0.3 is 21.3 Å². The quantitative estimate of drug-likeness (QED) is 0.278. The highest BCUT2D eigenvalue weighted by Gasteiger charge is 2.05. The summed E-state index contributed by atoms with van der Waals surface area (Å²) in [6.07, 6.45) is 8.73. The Kier molecular flexibility index (Phi) is 10.7. The van der Waals surface area contributed by atoms with Gasteiger partial charge in [-0.15, -0.1) is 0 Å². The first-order chi connectivity index (χ1) is 15.5. The SMILES string of the molecule is C=C/C(=C\C=C/C)Nc1cc(C)nc(Nc2ccc(CCC(=O)NCCNCC)cc2)n1. The molecule has 0 saturated heterocycles. The second-order valence-electron chi connectivity index (χ2n) is 7.22. The van der Waals surface area contributed by atoms with E-state index in [1.165, 1.54) is 0 Å². The van der Waals surface area contributed by atoms with Crippen LogP contribution in [-0.2, 0) is 11.2 Å². The van der Waals surface area contributed by atoms with Crippen LogP contribution in [0, 0.1) is 6.92 Å². The maximum Gasteiger partial charge on any atom is 0.229 e. The molecule has 0 radical (unpaired) electrons. The lowest BCUT2D eigenvalue weighted by Crippen LogP contribution is -2.31. The number of nitrogens with one attached hydrogen (secondary N) is 4. The highest BCUT2D eigenvalue weighted by Crippen LogP contribution is 2.18. The van der Waals surface area contributed by atoms with Gasteiger partial charge in [0.15, 0.2) is 0 Å². The summed E-state index contributed by atoms with van der Waals surface area (Å²) < 4.78 is 0. The molecule has 0 aliphatic carbocycles. The van der Waals surface area contributed by atoms with Crippen molar-refractivity contribution < 1.29 is 4.79 Å². The Morgan fingerprint density at radius 2 is 1.94 bits per heavy atom. The molecule has 0 unspecified atom stereocenters. The zero-order valence-corrected chi connectivity index (χ0v) is 19.2. The largest absolute Gasteiger partial charge is 0.355 e. The molecule has 1 heterocycles. The van der Waals surface area contributed by atoms with Crippen LogP contribution in [0.3, 0.4) is 0 Å². The minimum absolute atomic E-state index is 0.0701. The summed E-state index contributed by atoms with van der Waals surface area (Å²) in [5.74, 6) is 1.27. The number of hydrogen-bond donors (Lipinski definition) is 4. The van der Waals surface area contributed by atoms with E-state index < -0.39 is 0 Å². The highest BCUT2D eigenvalue weighted by molar-refractivity contribution is 5.76. The van der Waals surface area contributed by atoms with E-state index in [4.69, 9.17) is 0 Å². The van der Waals surface area contributed by atoms with Crippen LogP contribution < -0.4 is 21.3 Å². The van der Waals surface area contributed by atoms with Gasteiger partial charge in [-0.1, -0.05) is 37.8 Å². The molecule has 170 valence electrons. The second-order valence-corrected chi connectivity index (χ2v) is 7.22. The number of allylic oxidation sites excluding steroid dienone is 4. The second kappa shape index (κ2) is 13.8. The van der Waals surface area contributed by atoms with Gasteiger partial charge in [0.05, 0.1) is 0 Å². The van der Waals surface area contributed by atoms with Gasteiger partial charge in [-0.25, -0.2) is 4.98 Å². The monoisotopic (exact) mass is 434 g/mol. The number of hydrogen-bond acceptors (Lipinski definition) is 6. The molecule has 1 amide bonds. The van der Waals surface area contributed by atoms with E-state index in [0.717, 1.165) is 35.7 Å². The molecular weight excluding hydrogens is 400 g/mol. The normalized spacial score (nSPS) is 11.4. The number of carbonyl (C=O) groups excluding carboxylic acids is 1. The Balaban J connectivity index is 1.93. The third-order valence-electron chi connectivity index (χ3n) is 4.54. The van der Waals surface area contributed by atoms with Crippen molar-refractivity contribution >= 4 is 23.4 Å². The molecule has 7 heteroatoms. The number of benzene rings is 1. The number of aromatic nitrogens is 2. The lowest BCUT2D eigenvalue weighted by Gasteiger charge is -2.11. The van der Waals surface area contributed by atoms with E-state index in [0.29, 0.717) is 31.2 Å². The van der Waals surface area contributed by atoms with Gasteiger partial charge in [0, 0.05) is 42.7 Å². The van der Waals surface area contributed by atoms with E-state index in [2.05, 4.69) is 37.8 Å². The lowest BCUT2D eigenvalue weighted by molar-refractivity contribution is -0.121. The molecule has 32 heavy (non-hydrogen) atoms. The minimum atomic E-state index is 0.0701. The molecule has 0 fully saturated rings. The number of nitrogens with zero attached hydrogens (tertiary/aromatic N) is 2. The van der Waals surface area contributed by atoms with Gasteiger partial charge in [0.25, 0.3) is 0 Å². The van der Waals surface area contributed by atoms with Crippen LogP contribution >= 0.6 is 0 Å². The first kappa shape index (κ1) is 24.8. The fourth-order valence-electron chi connectivity index (χ4n) is 2.89. The van der Waals surface area contributed by atoms with E-state index >= 15 is 0 Å². The van der Waals surface area contributed by atoms with Crippen LogP contribution in [0.4, 0.5) is 17.5 Å². The zero-order chi connectivity index (χ0) is 23.2. The molecule has 2 rings (SSSR count). The van der Waals surface area contributed by atoms with Crippen molar-refractivity contribution in [3.05, 3.63) is 78.2 Å². The molecule has 4 N–H and O–H groups in total. The number of carbonyl (C=O) groups is 1. The van der Waals surface area contributed by atoms with Gasteiger partial charge in [-0.2, -0.15) is 4.98 Å². The third-order valence-corrected chi connectivity index (χ3v) is 4.54. The van der Waals surface area contributed by atoms with E-state index in [-0.39, 0.29) is 5.91 Å². The molecule has 0 saturated carbocycles. The fourth-order valence-corrected chi connectivity index (χ4v) is 2.89. The van der Waals surface area contributed by atoms with Crippen molar-refractivity contribution in [2.45, 2.75) is 33.6 Å². The smallest absolute Gasteiger partial charge is 0.229 e. The van der Waals surface area contributed by atoms with Gasteiger partial charge in [-0.3, -0.25) is 4.79 Å². The Hall–Kier alpha value is -3.45. The summed E-state index contributed by atoms with van der Waals surface area (Å²) in [7, 11) is 0. The Labute approximate surface area is 191 Å². The van der Waals surface area contributed by atoms with Gasteiger partial charge in [0.2, 0.25) is 11.9 Å². The first-order valence-electron chi connectivity index (χ1n) is 11.0. The molecular formula is C25H34N6O. The number of likely N-dealkylation sites (N-methyl/N-ethyl adjacent to an activating group) is 1. The molecule has 2 aromatic rings. The van der Waals surface area contributed by atoms with Gasteiger partial charge in [-0.05, 0) is 56.7 Å². The summed E-state index contributed by atoms with van der Waals surface area (Å²) in [6.45, 7) is 12.1. The predicted molar refractivity (Wildman–Crippen MR) is 133 cm³/mol. The number of amides is 1. The van der Waals surface area contributed by atoms with Crippen LogP contribution in [0.1, 0.15) is 31.5 Å². The standard InChI is InChI=1S/C25H34N6O/c1-5-8-9-21(6-2)29-23-18-19(4)28-25(31-23)30-22-13-10-20(11-14-22)12-15-24(32)27-17-16-26-7-3/h5-6,8-11,13-14,18,26H,2,7,12,15-17H2,1,3-4H3,(H,27,32)(H2,28,29,30,31)/b8-5-,21-9+. The molecule has 1 aromatic heterocycles. The Morgan fingerprint density at radius 1 is 1.16 bits per heavy atom. The van der Waals surface area contributed by atoms with Crippen LogP contribution in [0.2, 0.25) is 0 Å². The van der Waals surface area contributed by atoms with Crippen LogP contribution in [0.15, 0.2) is 66.9 Å². The fraction of sp³-hybridized carbons (Fsp3) is 0.320. The van der Waals surface area contributed by atoms with Crippen molar-refractivity contribution in [2.75, 3.05) is 30.3 Å². The summed E-state index contributed by atoms with van der Waals surface area (Å²) in [6, 6.07) is 9.85. The average molecular weight is 435 g/mol. The van der Waals surface area contributed by atoms with Crippen molar-refractivity contribution in [1.82, 2.24) is 20.6 Å². The van der Waals surface area contributed by atoms with Crippen molar-refractivity contribution in [1.29, 1.82) is 0 Å². The average Bonchev–Trinajstić information content (AvgIpc) is 2.78. The Bertz CT molecular complexity index is 934. The molecule has 1 aromatic carbocycles. The van der Waals surface area contributed by atoms with Crippen LogP contribution in [0.25, 0.3) is 0 Å². The maximum absolute atomic E-state index is 11.9. The summed E-state index contributed by atoms with van der Waals surface area (Å²) >= 11 is 0. The molecule has 7 nitrogen and oxygen atoms in total. The van der Waals surface area contributed by atoms with Crippen molar-refractivity contribution in [3.8, 4) is 0 Å². The van der Waals surface area contributed by atoms with Gasteiger partial charge in [0.1, 0.15) is 5.82 Å². The maximum atomic E-state index is 11.9. The molecule has 0 aliphatic rings. The topological polar surface area (TPSA) is 91.0 Å². The first-order valence-corrected chi connectivity index (χ1v) is 11.0. The van der Waals surface area contributed by atoms with E-state index in [9.17, 15) is 4.79 Å². The molecule has 0 aliphatic heterocycles. The van der Waals surface area contributed by atoms with E-state index in [1.54, 1.807) is 6.08 Å². The number of aryl methyl sites for hydroxylation is 2. The summed E-state index contributed by atoms with van der Waals surface area (Å²) in [5.41, 5.74) is 3.68. The number of anilines is 3. The van der Waals surface area contributed by atoms with Crippen LogP contribution in [-0.4, -0.2) is 35.5 Å².